The van der Waals surface area contributed by atoms with Gasteiger partial charge in [0.25, 0.3) is 0 Å². The molecule has 1 saturated heterocycles. The molecule has 1 aliphatic carbocycles. The Morgan fingerprint density at radius 3 is 2.33 bits per heavy atom. The van der Waals surface area contributed by atoms with Crippen molar-refractivity contribution < 1.29 is 4.79 Å². The van der Waals surface area contributed by atoms with Gasteiger partial charge in [-0.2, -0.15) is 0 Å². The first-order chi connectivity index (χ1) is 16.2. The number of amides is 1. The molecule has 0 bridgehead atoms. The minimum absolute atomic E-state index is 0.313. The SMILES string of the molecule is CCCc1ccc(-c2ccc3c(c2)CCN(CC(=O)N2CCN(C4CCCC4)CC2)C3)cc1. The number of rotatable bonds is 6. The first-order valence-electron chi connectivity index (χ1n) is 13.1. The Morgan fingerprint density at radius 1 is 0.879 bits per heavy atom. The molecule has 1 amide bonds. The van der Waals surface area contributed by atoms with Crippen LogP contribution in [0.5, 0.6) is 0 Å². The molecule has 0 atom stereocenters. The lowest BCUT2D eigenvalue weighted by molar-refractivity contribution is -0.134. The van der Waals surface area contributed by atoms with E-state index in [1.165, 1.54) is 59.9 Å². The Hall–Kier alpha value is -2.17. The van der Waals surface area contributed by atoms with Crippen LogP contribution < -0.4 is 0 Å². The van der Waals surface area contributed by atoms with E-state index in [1.807, 2.05) is 0 Å². The number of aryl methyl sites for hydroxylation is 1. The van der Waals surface area contributed by atoms with Crippen LogP contribution >= 0.6 is 0 Å². The zero-order valence-electron chi connectivity index (χ0n) is 20.3. The first kappa shape index (κ1) is 22.6. The van der Waals surface area contributed by atoms with Crippen molar-refractivity contribution in [1.29, 1.82) is 0 Å². The molecule has 5 rings (SSSR count). The maximum atomic E-state index is 13.0. The second kappa shape index (κ2) is 10.4. The fourth-order valence-electron chi connectivity index (χ4n) is 5.98. The molecular formula is C29H39N3O. The molecule has 2 aromatic rings. The van der Waals surface area contributed by atoms with Crippen LogP contribution in [-0.4, -0.2) is 65.9 Å². The summed E-state index contributed by atoms with van der Waals surface area (Å²) in [5, 5.41) is 0. The van der Waals surface area contributed by atoms with Gasteiger partial charge in [-0.15, -0.1) is 0 Å². The summed E-state index contributed by atoms with van der Waals surface area (Å²) in [4.78, 5) is 20.1. The van der Waals surface area contributed by atoms with E-state index in [9.17, 15) is 4.79 Å². The van der Waals surface area contributed by atoms with Crippen molar-refractivity contribution in [2.24, 2.45) is 0 Å². The summed E-state index contributed by atoms with van der Waals surface area (Å²) in [5.74, 6) is 0.313. The third kappa shape index (κ3) is 5.33. The highest BCUT2D eigenvalue weighted by atomic mass is 16.2. The largest absolute Gasteiger partial charge is 0.339 e. The Balaban J connectivity index is 1.15. The molecular weight excluding hydrogens is 406 g/mol. The van der Waals surface area contributed by atoms with Gasteiger partial charge in [0, 0.05) is 45.3 Å². The van der Waals surface area contributed by atoms with Gasteiger partial charge >= 0.3 is 0 Å². The van der Waals surface area contributed by atoms with Crippen molar-refractivity contribution in [3.63, 3.8) is 0 Å². The van der Waals surface area contributed by atoms with E-state index < -0.39 is 0 Å². The van der Waals surface area contributed by atoms with E-state index in [2.05, 4.69) is 64.1 Å². The smallest absolute Gasteiger partial charge is 0.236 e. The van der Waals surface area contributed by atoms with Crippen LogP contribution in [-0.2, 0) is 24.2 Å². The molecule has 2 aromatic carbocycles. The van der Waals surface area contributed by atoms with Gasteiger partial charge in [-0.25, -0.2) is 0 Å². The van der Waals surface area contributed by atoms with Crippen molar-refractivity contribution in [1.82, 2.24) is 14.7 Å². The zero-order chi connectivity index (χ0) is 22.6. The number of carbonyl (C=O) groups is 1. The van der Waals surface area contributed by atoms with Gasteiger partial charge < -0.3 is 4.90 Å². The topological polar surface area (TPSA) is 26.8 Å². The molecule has 1 saturated carbocycles. The molecule has 0 radical (unpaired) electrons. The van der Waals surface area contributed by atoms with Gasteiger partial charge in [-0.05, 0) is 53.5 Å². The molecule has 3 aliphatic rings. The number of hydrogen-bond donors (Lipinski definition) is 0. The number of fused-ring (bicyclic) bond motifs is 1. The number of piperazine rings is 1. The van der Waals surface area contributed by atoms with Gasteiger partial charge in [-0.1, -0.05) is 68.7 Å². The van der Waals surface area contributed by atoms with Gasteiger partial charge in [0.1, 0.15) is 0 Å². The van der Waals surface area contributed by atoms with E-state index in [4.69, 9.17) is 0 Å². The summed E-state index contributed by atoms with van der Waals surface area (Å²) in [6, 6.07) is 16.7. The van der Waals surface area contributed by atoms with Crippen molar-refractivity contribution in [3.8, 4) is 11.1 Å². The fraction of sp³-hybridized carbons (Fsp3) is 0.552. The summed E-state index contributed by atoms with van der Waals surface area (Å²) >= 11 is 0. The van der Waals surface area contributed by atoms with Crippen LogP contribution in [0.4, 0.5) is 0 Å². The third-order valence-corrected chi connectivity index (χ3v) is 7.99. The van der Waals surface area contributed by atoms with E-state index in [-0.39, 0.29) is 0 Å². The molecule has 33 heavy (non-hydrogen) atoms. The van der Waals surface area contributed by atoms with Crippen molar-refractivity contribution >= 4 is 5.91 Å². The van der Waals surface area contributed by atoms with Crippen LogP contribution in [0.25, 0.3) is 11.1 Å². The van der Waals surface area contributed by atoms with E-state index >= 15 is 0 Å². The molecule has 0 unspecified atom stereocenters. The summed E-state index contributed by atoms with van der Waals surface area (Å²) in [7, 11) is 0. The Morgan fingerprint density at radius 2 is 1.61 bits per heavy atom. The average molecular weight is 446 g/mol. The van der Waals surface area contributed by atoms with Crippen molar-refractivity contribution in [2.75, 3.05) is 39.3 Å². The lowest BCUT2D eigenvalue weighted by Crippen LogP contribution is -2.53. The summed E-state index contributed by atoms with van der Waals surface area (Å²) in [6.07, 6.45) is 8.84. The predicted molar refractivity (Wildman–Crippen MR) is 135 cm³/mol. The zero-order valence-corrected chi connectivity index (χ0v) is 20.3. The molecule has 2 fully saturated rings. The lowest BCUT2D eigenvalue weighted by atomic mass is 9.94. The van der Waals surface area contributed by atoms with E-state index in [1.54, 1.807) is 0 Å². The summed E-state index contributed by atoms with van der Waals surface area (Å²) < 4.78 is 0. The highest BCUT2D eigenvalue weighted by Gasteiger charge is 2.29. The summed E-state index contributed by atoms with van der Waals surface area (Å²) in [5.41, 5.74) is 6.85. The average Bonchev–Trinajstić information content (AvgIpc) is 3.40. The highest BCUT2D eigenvalue weighted by Crippen LogP contribution is 2.27. The highest BCUT2D eigenvalue weighted by molar-refractivity contribution is 5.78. The minimum atomic E-state index is 0.313. The molecule has 0 N–H and O–H groups in total. The number of nitrogens with zero attached hydrogens (tertiary/aromatic N) is 3. The van der Waals surface area contributed by atoms with Gasteiger partial charge in [0.2, 0.25) is 5.91 Å². The number of carbonyl (C=O) groups excluding carboxylic acids is 1. The Kier molecular flexibility index (Phi) is 7.13. The molecule has 176 valence electrons. The molecule has 0 aromatic heterocycles. The molecule has 0 spiro atoms. The minimum Gasteiger partial charge on any atom is -0.339 e. The molecule has 2 aliphatic heterocycles. The Labute approximate surface area is 199 Å². The predicted octanol–water partition coefficient (Wildman–Crippen LogP) is 4.75. The number of benzene rings is 2. The monoisotopic (exact) mass is 445 g/mol. The standard InChI is InChI=1S/C29H39N3O/c1-2-5-23-8-10-24(11-9-23)25-12-13-27-21-30(15-14-26(27)20-25)22-29(33)32-18-16-31(17-19-32)28-6-3-4-7-28/h8-13,20,28H,2-7,14-19,21-22H2,1H3. The van der Waals surface area contributed by atoms with Crippen molar-refractivity contribution in [3.05, 3.63) is 59.2 Å². The van der Waals surface area contributed by atoms with Crippen LogP contribution in [0.2, 0.25) is 0 Å². The number of hydrogen-bond acceptors (Lipinski definition) is 3. The fourth-order valence-corrected chi connectivity index (χ4v) is 5.98. The second-order valence-corrected chi connectivity index (χ2v) is 10.2. The lowest BCUT2D eigenvalue weighted by Gasteiger charge is -2.39. The van der Waals surface area contributed by atoms with E-state index in [0.29, 0.717) is 12.5 Å². The normalized spacial score (nSPS) is 20.2. The summed E-state index contributed by atoms with van der Waals surface area (Å²) in [6.45, 7) is 8.57. The second-order valence-electron chi connectivity index (χ2n) is 10.2. The maximum absolute atomic E-state index is 13.0. The third-order valence-electron chi connectivity index (χ3n) is 7.99. The molecule has 4 nitrogen and oxygen atoms in total. The van der Waals surface area contributed by atoms with E-state index in [0.717, 1.165) is 58.2 Å². The van der Waals surface area contributed by atoms with Crippen LogP contribution in [0, 0.1) is 0 Å². The van der Waals surface area contributed by atoms with Crippen molar-refractivity contribution in [2.45, 2.75) is 64.5 Å². The maximum Gasteiger partial charge on any atom is 0.236 e. The van der Waals surface area contributed by atoms with Crippen LogP contribution in [0.3, 0.4) is 0 Å². The Bertz CT molecular complexity index is 940. The first-order valence-corrected chi connectivity index (χ1v) is 13.1. The van der Waals surface area contributed by atoms with Gasteiger partial charge in [0.15, 0.2) is 0 Å². The quantitative estimate of drug-likeness (QED) is 0.642. The molecule has 4 heteroatoms. The van der Waals surface area contributed by atoms with Gasteiger partial charge in [-0.3, -0.25) is 14.6 Å². The van der Waals surface area contributed by atoms with Crippen LogP contribution in [0.15, 0.2) is 42.5 Å². The van der Waals surface area contributed by atoms with Gasteiger partial charge in [0.05, 0.1) is 6.54 Å². The molecule has 2 heterocycles. The van der Waals surface area contributed by atoms with Crippen LogP contribution in [0.1, 0.15) is 55.7 Å².